The number of rotatable bonds is 9. The number of thiol groups is 1. The van der Waals surface area contributed by atoms with Crippen LogP contribution in [-0.2, 0) is 24.3 Å². The predicted octanol–water partition coefficient (Wildman–Crippen LogP) is 2.83. The summed E-state index contributed by atoms with van der Waals surface area (Å²) < 4.78 is 32.9. The lowest BCUT2D eigenvalue weighted by Gasteiger charge is -2.27. The van der Waals surface area contributed by atoms with E-state index in [-0.39, 0.29) is 42.0 Å². The van der Waals surface area contributed by atoms with Crippen molar-refractivity contribution in [2.24, 2.45) is 0 Å². The number of esters is 1. The van der Waals surface area contributed by atoms with Gasteiger partial charge in [0.05, 0.1) is 30.7 Å². The minimum atomic E-state index is -3.97. The van der Waals surface area contributed by atoms with E-state index in [4.69, 9.17) is 0 Å². The van der Waals surface area contributed by atoms with Crippen LogP contribution in [0, 0.1) is 0 Å². The molecule has 3 aromatic rings. The Hall–Kier alpha value is -3.41. The Morgan fingerprint density at radius 2 is 1.74 bits per heavy atom. The number of ether oxygens (including phenoxy) is 1. The summed E-state index contributed by atoms with van der Waals surface area (Å²) in [4.78, 5) is 38.8. The molecule has 1 heterocycles. The van der Waals surface area contributed by atoms with Crippen molar-refractivity contribution in [2.75, 3.05) is 39.1 Å². The number of hydrogen-bond donors (Lipinski definition) is 2. The number of nitrogens with one attached hydrogen (secondary N) is 1. The number of likely N-dealkylation sites (N-methyl/N-ethyl adjacent to an activating group) is 1. The Morgan fingerprint density at radius 1 is 1.05 bits per heavy atom. The maximum Gasteiger partial charge on any atom is 0.337 e. The molecule has 0 saturated carbocycles. The molecule has 0 radical (unpaired) electrons. The summed E-state index contributed by atoms with van der Waals surface area (Å²) in [6.45, 7) is -0.141. The first-order valence-electron chi connectivity index (χ1n) is 12.0. The number of methoxy groups -OCH3 is 1. The van der Waals surface area contributed by atoms with Gasteiger partial charge in [-0.3, -0.25) is 9.59 Å². The number of sulfonamides is 1. The average molecular weight is 556 g/mol. The van der Waals surface area contributed by atoms with Crippen molar-refractivity contribution in [3.05, 3.63) is 72.3 Å². The maximum absolute atomic E-state index is 13.5. The highest BCUT2D eigenvalue weighted by Gasteiger charge is 2.44. The average Bonchev–Trinajstić information content (AvgIpc) is 3.33. The first kappa shape index (κ1) is 27.6. The Kier molecular flexibility index (Phi) is 8.39. The summed E-state index contributed by atoms with van der Waals surface area (Å²) in [5, 5.41) is 4.35. The highest BCUT2D eigenvalue weighted by Crippen LogP contribution is 2.31. The van der Waals surface area contributed by atoms with Crippen molar-refractivity contribution in [2.45, 2.75) is 22.6 Å². The van der Waals surface area contributed by atoms with E-state index in [1.165, 1.54) is 23.4 Å². The lowest BCUT2D eigenvalue weighted by atomic mass is 10.1. The maximum atomic E-state index is 13.5. The van der Waals surface area contributed by atoms with Gasteiger partial charge in [-0.2, -0.15) is 16.9 Å². The number of amides is 1. The molecule has 0 spiro atoms. The van der Waals surface area contributed by atoms with E-state index < -0.39 is 27.9 Å². The minimum absolute atomic E-state index is 0.0475. The third-order valence-electron chi connectivity index (χ3n) is 6.43. The zero-order chi connectivity index (χ0) is 27.4. The van der Waals surface area contributed by atoms with E-state index in [0.29, 0.717) is 11.3 Å². The highest BCUT2D eigenvalue weighted by atomic mass is 32.2. The summed E-state index contributed by atoms with van der Waals surface area (Å²) >= 11 is 4.46. The van der Waals surface area contributed by atoms with Crippen molar-refractivity contribution in [3.63, 3.8) is 0 Å². The molecule has 2 atom stereocenters. The third-order valence-corrected chi connectivity index (χ3v) is 8.68. The van der Waals surface area contributed by atoms with Gasteiger partial charge in [0.25, 0.3) is 0 Å². The van der Waals surface area contributed by atoms with E-state index >= 15 is 0 Å². The topological polar surface area (TPSA) is 113 Å². The predicted molar refractivity (Wildman–Crippen MR) is 148 cm³/mol. The molecule has 1 aliphatic rings. The highest BCUT2D eigenvalue weighted by molar-refractivity contribution is 7.89. The summed E-state index contributed by atoms with van der Waals surface area (Å²) in [5.74, 6) is -1.18. The molecule has 1 N–H and O–H groups in total. The van der Waals surface area contributed by atoms with Crippen LogP contribution in [0.3, 0.4) is 0 Å². The van der Waals surface area contributed by atoms with Crippen molar-refractivity contribution < 1.29 is 27.5 Å². The lowest BCUT2D eigenvalue weighted by Crippen LogP contribution is -2.48. The number of anilines is 1. The van der Waals surface area contributed by atoms with Gasteiger partial charge in [-0.15, -0.1) is 0 Å². The zero-order valence-electron chi connectivity index (χ0n) is 21.0. The molecule has 9 nitrogen and oxygen atoms in total. The van der Waals surface area contributed by atoms with Crippen molar-refractivity contribution in [1.82, 2.24) is 9.21 Å². The van der Waals surface area contributed by atoms with Crippen LogP contribution in [0.5, 0.6) is 0 Å². The molecule has 1 saturated heterocycles. The molecule has 11 heteroatoms. The molecule has 0 bridgehead atoms. The van der Waals surface area contributed by atoms with Crippen LogP contribution < -0.4 is 5.32 Å². The van der Waals surface area contributed by atoms with Crippen LogP contribution in [0.1, 0.15) is 16.8 Å². The van der Waals surface area contributed by atoms with E-state index in [9.17, 15) is 22.8 Å². The second kappa shape index (κ2) is 11.5. The van der Waals surface area contributed by atoms with Crippen molar-refractivity contribution in [3.8, 4) is 0 Å². The Balaban J connectivity index is 1.41. The summed E-state index contributed by atoms with van der Waals surface area (Å²) in [7, 11) is -1.19. The van der Waals surface area contributed by atoms with Crippen molar-refractivity contribution in [1.29, 1.82) is 0 Å². The fraction of sp³-hybridized carbons (Fsp3) is 0.296. The molecular formula is C27H29N3O6S2. The number of carbonyl (C=O) groups is 3. The Bertz CT molecular complexity index is 1460. The number of carbonyl (C=O) groups excluding carboxylic acids is 3. The van der Waals surface area contributed by atoms with Crippen LogP contribution in [0.15, 0.2) is 71.6 Å². The first-order chi connectivity index (χ1) is 18.1. The quantitative estimate of drug-likeness (QED) is 0.308. The summed E-state index contributed by atoms with van der Waals surface area (Å²) in [5.41, 5.74) is 1.01. The molecule has 38 heavy (non-hydrogen) atoms. The molecule has 200 valence electrons. The first-order valence-corrected chi connectivity index (χ1v) is 13.9. The third kappa shape index (κ3) is 6.01. The van der Waals surface area contributed by atoms with Gasteiger partial charge < -0.3 is 15.0 Å². The molecule has 3 aromatic carbocycles. The Labute approximate surface area is 227 Å². The van der Waals surface area contributed by atoms with Crippen LogP contribution >= 0.6 is 12.6 Å². The fourth-order valence-corrected chi connectivity index (χ4v) is 6.59. The number of benzene rings is 3. The van der Waals surface area contributed by atoms with E-state index in [2.05, 4.69) is 22.7 Å². The molecule has 4 rings (SSSR count). The van der Waals surface area contributed by atoms with Crippen molar-refractivity contribution >= 4 is 56.8 Å². The fourth-order valence-electron chi connectivity index (χ4n) is 4.43. The van der Waals surface area contributed by atoms with E-state index in [1.807, 2.05) is 24.3 Å². The van der Waals surface area contributed by atoms with Crippen LogP contribution in [0.2, 0.25) is 0 Å². The number of nitrogens with zero attached hydrogens (tertiary/aromatic N) is 2. The second-order valence-corrected chi connectivity index (χ2v) is 11.8. The summed E-state index contributed by atoms with van der Waals surface area (Å²) in [6, 6.07) is 17.8. The molecule has 0 aliphatic carbocycles. The van der Waals surface area contributed by atoms with Gasteiger partial charge in [-0.05, 0) is 53.6 Å². The molecular weight excluding hydrogens is 526 g/mol. The molecule has 0 aromatic heterocycles. The van der Waals surface area contributed by atoms with Gasteiger partial charge in [-0.1, -0.05) is 30.3 Å². The van der Waals surface area contributed by atoms with Gasteiger partial charge in [0.2, 0.25) is 15.9 Å². The molecule has 1 amide bonds. The van der Waals surface area contributed by atoms with Gasteiger partial charge in [0.15, 0.2) is 5.78 Å². The monoisotopic (exact) mass is 555 g/mol. The lowest BCUT2D eigenvalue weighted by molar-refractivity contribution is -0.136. The van der Waals surface area contributed by atoms with E-state index in [1.54, 1.807) is 42.5 Å². The van der Waals surface area contributed by atoms with Crippen LogP contribution in [0.25, 0.3) is 10.8 Å². The number of ketones is 1. The van der Waals surface area contributed by atoms with Crippen LogP contribution in [-0.4, -0.2) is 80.4 Å². The normalized spacial score (nSPS) is 17.8. The van der Waals surface area contributed by atoms with E-state index in [0.717, 1.165) is 10.8 Å². The smallest absolute Gasteiger partial charge is 0.337 e. The standard InChI is InChI=1S/C27H29N3O6S2/c1-29(16-22(31)15-28-21-10-7-19(8-11-21)27(33)36-2)26(32)25-14-23(37)17-30(25)38(34,35)24-12-9-18-5-3-4-6-20(18)13-24/h3-13,23,25,28,37H,14-17H2,1-2H3. The second-order valence-electron chi connectivity index (χ2n) is 9.14. The SMILES string of the molecule is COC(=O)c1ccc(NCC(=O)CN(C)C(=O)C2CC(S)CN2S(=O)(=O)c2ccc3ccccc3c2)cc1. The number of Topliss-reactive ketones (excluding diaryl/α,β-unsaturated/α-hetero) is 1. The van der Waals surface area contributed by atoms with Crippen LogP contribution in [0.4, 0.5) is 5.69 Å². The molecule has 1 fully saturated rings. The zero-order valence-corrected chi connectivity index (χ0v) is 22.7. The Morgan fingerprint density at radius 3 is 2.42 bits per heavy atom. The van der Waals surface area contributed by atoms with Gasteiger partial charge in [0.1, 0.15) is 6.04 Å². The largest absolute Gasteiger partial charge is 0.465 e. The molecule has 1 aliphatic heterocycles. The minimum Gasteiger partial charge on any atom is -0.465 e. The number of hydrogen-bond acceptors (Lipinski definition) is 8. The van der Waals surface area contributed by atoms with Gasteiger partial charge >= 0.3 is 5.97 Å². The van der Waals surface area contributed by atoms with Gasteiger partial charge in [0, 0.05) is 24.5 Å². The molecule has 2 unspecified atom stereocenters. The van der Waals surface area contributed by atoms with Gasteiger partial charge in [-0.25, -0.2) is 13.2 Å². The summed E-state index contributed by atoms with van der Waals surface area (Å²) in [6.07, 6.45) is 0.248. The number of fused-ring (bicyclic) bond motifs is 1.